The van der Waals surface area contributed by atoms with E-state index in [4.69, 9.17) is 11.6 Å². The van der Waals surface area contributed by atoms with E-state index >= 15 is 0 Å². The lowest BCUT2D eigenvalue weighted by molar-refractivity contribution is 0.0724. The van der Waals surface area contributed by atoms with Gasteiger partial charge in [-0.15, -0.1) is 0 Å². The number of nitrogens with zero attached hydrogens (tertiary/aromatic N) is 2. The van der Waals surface area contributed by atoms with Crippen LogP contribution in [0, 0.1) is 0 Å². The van der Waals surface area contributed by atoms with Crippen molar-refractivity contribution in [3.63, 3.8) is 0 Å². The van der Waals surface area contributed by atoms with Gasteiger partial charge in [0.05, 0.1) is 15.5 Å². The first-order valence-corrected chi connectivity index (χ1v) is 10.9. The molecular weight excluding hydrogens is 360 g/mol. The summed E-state index contributed by atoms with van der Waals surface area (Å²) in [6, 6.07) is 4.50. The SMILES string of the molecule is O=C(c1cc(S(=O)(=O)N2CCCCCC2)ccc1Cl)N1CCCCC1. The van der Waals surface area contributed by atoms with Gasteiger partial charge >= 0.3 is 0 Å². The summed E-state index contributed by atoms with van der Waals surface area (Å²) < 4.78 is 27.5. The van der Waals surface area contributed by atoms with E-state index in [1.807, 2.05) is 0 Å². The van der Waals surface area contributed by atoms with Crippen LogP contribution in [0.3, 0.4) is 0 Å². The second-order valence-electron chi connectivity index (χ2n) is 6.81. The lowest BCUT2D eigenvalue weighted by Crippen LogP contribution is -2.36. The fraction of sp³-hybridized carbons (Fsp3) is 0.611. The number of piperidine rings is 1. The van der Waals surface area contributed by atoms with Crippen LogP contribution < -0.4 is 0 Å². The highest BCUT2D eigenvalue weighted by molar-refractivity contribution is 7.89. The van der Waals surface area contributed by atoms with Gasteiger partial charge in [0.1, 0.15) is 0 Å². The molecule has 0 aromatic heterocycles. The lowest BCUT2D eigenvalue weighted by Gasteiger charge is -2.27. The Morgan fingerprint density at radius 1 is 0.880 bits per heavy atom. The number of rotatable bonds is 3. The topological polar surface area (TPSA) is 57.7 Å². The third-order valence-electron chi connectivity index (χ3n) is 5.01. The van der Waals surface area contributed by atoms with Crippen LogP contribution in [0.2, 0.25) is 5.02 Å². The predicted octanol–water partition coefficient (Wildman–Crippen LogP) is 3.53. The van der Waals surface area contributed by atoms with E-state index in [9.17, 15) is 13.2 Å². The Bertz CT molecular complexity index is 722. The smallest absolute Gasteiger partial charge is 0.255 e. The third-order valence-corrected chi connectivity index (χ3v) is 7.24. The molecule has 0 unspecified atom stereocenters. The van der Waals surface area contributed by atoms with E-state index in [-0.39, 0.29) is 10.8 Å². The minimum Gasteiger partial charge on any atom is -0.339 e. The van der Waals surface area contributed by atoms with Crippen molar-refractivity contribution in [3.05, 3.63) is 28.8 Å². The van der Waals surface area contributed by atoms with E-state index in [1.165, 1.54) is 18.2 Å². The summed E-state index contributed by atoms with van der Waals surface area (Å²) in [6.45, 7) is 2.50. The van der Waals surface area contributed by atoms with Crippen LogP contribution >= 0.6 is 11.6 Å². The zero-order valence-electron chi connectivity index (χ0n) is 14.4. The van der Waals surface area contributed by atoms with Crippen LogP contribution in [-0.2, 0) is 10.0 Å². The van der Waals surface area contributed by atoms with Crippen molar-refractivity contribution in [1.82, 2.24) is 9.21 Å². The average molecular weight is 385 g/mol. The van der Waals surface area contributed by atoms with Crippen LogP contribution in [0.4, 0.5) is 0 Å². The molecule has 2 heterocycles. The van der Waals surface area contributed by atoms with Gasteiger partial charge in [0.15, 0.2) is 0 Å². The molecule has 3 rings (SSSR count). The maximum Gasteiger partial charge on any atom is 0.255 e. The molecule has 0 N–H and O–H groups in total. The van der Waals surface area contributed by atoms with Crippen molar-refractivity contribution in [1.29, 1.82) is 0 Å². The highest BCUT2D eigenvalue weighted by atomic mass is 35.5. The zero-order valence-corrected chi connectivity index (χ0v) is 16.0. The Kier molecular flexibility index (Phi) is 6.02. The Labute approximate surface area is 155 Å². The highest BCUT2D eigenvalue weighted by Crippen LogP contribution is 2.26. The molecule has 25 heavy (non-hydrogen) atoms. The number of likely N-dealkylation sites (tertiary alicyclic amines) is 1. The van der Waals surface area contributed by atoms with Crippen LogP contribution in [0.15, 0.2) is 23.1 Å². The molecule has 0 atom stereocenters. The Hall–Kier alpha value is -1.11. The van der Waals surface area contributed by atoms with Crippen molar-refractivity contribution < 1.29 is 13.2 Å². The third kappa shape index (κ3) is 4.18. The number of benzene rings is 1. The first-order valence-electron chi connectivity index (χ1n) is 9.09. The summed E-state index contributed by atoms with van der Waals surface area (Å²) in [5.41, 5.74) is 0.291. The van der Waals surface area contributed by atoms with Gasteiger partial charge < -0.3 is 4.90 Å². The van der Waals surface area contributed by atoms with Crippen molar-refractivity contribution in [2.45, 2.75) is 49.8 Å². The van der Waals surface area contributed by atoms with E-state index in [0.29, 0.717) is 36.8 Å². The number of hydrogen-bond donors (Lipinski definition) is 0. The normalized spacial score (nSPS) is 20.3. The predicted molar refractivity (Wildman–Crippen MR) is 98.4 cm³/mol. The quantitative estimate of drug-likeness (QED) is 0.800. The summed E-state index contributed by atoms with van der Waals surface area (Å²) >= 11 is 6.22. The number of carbonyl (C=O) groups is 1. The molecule has 138 valence electrons. The molecule has 1 amide bonds. The number of carbonyl (C=O) groups excluding carboxylic acids is 1. The first-order chi connectivity index (χ1) is 12.0. The second-order valence-corrected chi connectivity index (χ2v) is 9.16. The summed E-state index contributed by atoms with van der Waals surface area (Å²) in [7, 11) is -3.58. The van der Waals surface area contributed by atoms with Crippen LogP contribution in [0.5, 0.6) is 0 Å². The number of amides is 1. The van der Waals surface area contributed by atoms with E-state index < -0.39 is 10.0 Å². The zero-order chi connectivity index (χ0) is 17.9. The van der Waals surface area contributed by atoms with Gasteiger partial charge in [-0.1, -0.05) is 24.4 Å². The fourth-order valence-corrected chi connectivity index (χ4v) is 5.27. The minimum absolute atomic E-state index is 0.166. The molecule has 2 aliphatic heterocycles. The molecule has 5 nitrogen and oxygen atoms in total. The van der Waals surface area contributed by atoms with Gasteiger partial charge in [0, 0.05) is 26.2 Å². The van der Waals surface area contributed by atoms with Crippen LogP contribution in [0.1, 0.15) is 55.3 Å². The van der Waals surface area contributed by atoms with Crippen molar-refractivity contribution in [2.24, 2.45) is 0 Å². The second kappa shape index (κ2) is 8.06. The standard InChI is InChI=1S/C18H25ClN2O3S/c19-17-9-8-15(25(23,24)21-12-6-1-2-7-13-21)14-16(17)18(22)20-10-4-3-5-11-20/h8-9,14H,1-7,10-13H2. The van der Waals surface area contributed by atoms with Gasteiger partial charge in [-0.05, 0) is 50.3 Å². The maximum absolute atomic E-state index is 13.0. The molecule has 1 aromatic rings. The largest absolute Gasteiger partial charge is 0.339 e. The first kappa shape index (κ1) is 18.7. The van der Waals surface area contributed by atoms with Gasteiger partial charge in [-0.25, -0.2) is 8.42 Å². The van der Waals surface area contributed by atoms with Gasteiger partial charge in [-0.2, -0.15) is 4.31 Å². The molecule has 2 fully saturated rings. The molecule has 0 aliphatic carbocycles. The summed E-state index contributed by atoms with van der Waals surface area (Å²) in [5, 5.41) is 0.311. The van der Waals surface area contributed by atoms with Gasteiger partial charge in [-0.3, -0.25) is 4.79 Å². The Morgan fingerprint density at radius 3 is 2.08 bits per heavy atom. The van der Waals surface area contributed by atoms with Crippen molar-refractivity contribution >= 4 is 27.5 Å². The number of sulfonamides is 1. The molecule has 0 radical (unpaired) electrons. The molecular formula is C18H25ClN2O3S. The summed E-state index contributed by atoms with van der Waals surface area (Å²) in [5.74, 6) is -0.169. The Balaban J connectivity index is 1.88. The number of hydrogen-bond acceptors (Lipinski definition) is 3. The van der Waals surface area contributed by atoms with Crippen LogP contribution in [-0.4, -0.2) is 49.7 Å². The molecule has 2 aliphatic rings. The summed E-state index contributed by atoms with van der Waals surface area (Å²) in [6.07, 6.45) is 6.97. The fourth-order valence-electron chi connectivity index (χ4n) is 3.53. The molecule has 1 aromatic carbocycles. The average Bonchev–Trinajstić information content (AvgIpc) is 2.92. The molecule has 0 bridgehead atoms. The van der Waals surface area contributed by atoms with Gasteiger partial charge in [0.25, 0.3) is 5.91 Å². The molecule has 2 saturated heterocycles. The van der Waals surface area contributed by atoms with E-state index in [1.54, 1.807) is 9.21 Å². The monoisotopic (exact) mass is 384 g/mol. The van der Waals surface area contributed by atoms with E-state index in [2.05, 4.69) is 0 Å². The van der Waals surface area contributed by atoms with Crippen LogP contribution in [0.25, 0.3) is 0 Å². The van der Waals surface area contributed by atoms with Crippen molar-refractivity contribution in [2.75, 3.05) is 26.2 Å². The van der Waals surface area contributed by atoms with E-state index in [0.717, 1.165) is 44.9 Å². The molecule has 7 heteroatoms. The summed E-state index contributed by atoms with van der Waals surface area (Å²) in [4.78, 5) is 14.7. The number of halogens is 1. The van der Waals surface area contributed by atoms with Gasteiger partial charge in [0.2, 0.25) is 10.0 Å². The highest BCUT2D eigenvalue weighted by Gasteiger charge is 2.28. The Morgan fingerprint density at radius 2 is 1.44 bits per heavy atom. The van der Waals surface area contributed by atoms with Crippen molar-refractivity contribution in [3.8, 4) is 0 Å². The lowest BCUT2D eigenvalue weighted by atomic mass is 10.1. The maximum atomic E-state index is 13.0. The molecule has 0 spiro atoms. The molecule has 0 saturated carbocycles. The minimum atomic E-state index is -3.58.